The molecule has 27 heavy (non-hydrogen) atoms. The van der Waals surface area contributed by atoms with Crippen molar-refractivity contribution in [1.82, 2.24) is 9.80 Å². The molecule has 2 heterocycles. The molecule has 1 spiro atoms. The lowest BCUT2D eigenvalue weighted by Crippen LogP contribution is -2.55. The lowest BCUT2D eigenvalue weighted by molar-refractivity contribution is -0.143. The van der Waals surface area contributed by atoms with Gasteiger partial charge in [0.15, 0.2) is 6.61 Å². The quantitative estimate of drug-likeness (QED) is 0.857. The molecule has 0 bridgehead atoms. The molecule has 1 N–H and O–H groups in total. The molecule has 0 saturated carbocycles. The third kappa shape index (κ3) is 4.71. The van der Waals surface area contributed by atoms with Gasteiger partial charge in [-0.2, -0.15) is 0 Å². The summed E-state index contributed by atoms with van der Waals surface area (Å²) >= 11 is 0. The van der Waals surface area contributed by atoms with Gasteiger partial charge in [0.1, 0.15) is 11.5 Å². The van der Waals surface area contributed by atoms with Crippen molar-refractivity contribution in [2.75, 3.05) is 39.9 Å². The molecule has 7 heteroatoms. The Morgan fingerprint density at radius 2 is 1.78 bits per heavy atom. The summed E-state index contributed by atoms with van der Waals surface area (Å²) < 4.78 is 10.7. The largest absolute Gasteiger partial charge is 0.497 e. The molecule has 1 aromatic rings. The Kier molecular flexibility index (Phi) is 5.89. The number of piperidine rings is 2. The van der Waals surface area contributed by atoms with Crippen LogP contribution in [0.2, 0.25) is 0 Å². The van der Waals surface area contributed by atoms with Gasteiger partial charge in [0.2, 0.25) is 5.91 Å². The summed E-state index contributed by atoms with van der Waals surface area (Å²) in [4.78, 5) is 27.7. The van der Waals surface area contributed by atoms with Crippen molar-refractivity contribution in [3.63, 3.8) is 0 Å². The first-order chi connectivity index (χ1) is 12.9. The number of carbonyl (C=O) groups excluding carboxylic acids is 2. The van der Waals surface area contributed by atoms with Crippen LogP contribution >= 0.6 is 0 Å². The normalized spacial score (nSPS) is 21.8. The molecule has 1 unspecified atom stereocenters. The molecule has 0 aliphatic carbocycles. The van der Waals surface area contributed by atoms with Crippen molar-refractivity contribution >= 4 is 11.8 Å². The number of rotatable bonds is 4. The monoisotopic (exact) mass is 376 g/mol. The van der Waals surface area contributed by atoms with Gasteiger partial charge in [-0.25, -0.2) is 0 Å². The van der Waals surface area contributed by atoms with Gasteiger partial charge in [-0.05, 0) is 48.9 Å². The average Bonchev–Trinajstić information content (AvgIpc) is 2.66. The highest BCUT2D eigenvalue weighted by Crippen LogP contribution is 2.40. The summed E-state index contributed by atoms with van der Waals surface area (Å²) in [6, 6.07) is 7.13. The molecular formula is C20H28N2O5. The number of hydrogen-bond donors (Lipinski definition) is 1. The van der Waals surface area contributed by atoms with Gasteiger partial charge >= 0.3 is 0 Å². The predicted molar refractivity (Wildman–Crippen MR) is 99.6 cm³/mol. The highest BCUT2D eigenvalue weighted by molar-refractivity contribution is 5.78. The van der Waals surface area contributed by atoms with E-state index in [1.165, 1.54) is 0 Å². The third-order valence-electron chi connectivity index (χ3n) is 5.67. The zero-order chi connectivity index (χ0) is 19.4. The third-order valence-corrected chi connectivity index (χ3v) is 5.67. The minimum atomic E-state index is -0.483. The molecule has 1 atom stereocenters. The van der Waals surface area contributed by atoms with Crippen molar-refractivity contribution in [1.29, 1.82) is 0 Å². The zero-order valence-corrected chi connectivity index (χ0v) is 16.0. The first-order valence-electron chi connectivity index (χ1n) is 9.39. The van der Waals surface area contributed by atoms with Gasteiger partial charge < -0.3 is 24.4 Å². The van der Waals surface area contributed by atoms with E-state index < -0.39 is 6.10 Å². The Bertz CT molecular complexity index is 667. The molecular weight excluding hydrogens is 348 g/mol. The molecule has 2 aliphatic heterocycles. The van der Waals surface area contributed by atoms with Gasteiger partial charge in [-0.1, -0.05) is 0 Å². The SMILES string of the molecule is COc1ccc(OCC(=O)N2CCC3(CC2)CC(O)CN(C(C)=O)C3)cc1. The van der Waals surface area contributed by atoms with Crippen molar-refractivity contribution in [3.8, 4) is 11.5 Å². The second kappa shape index (κ2) is 8.17. The van der Waals surface area contributed by atoms with Crippen LogP contribution in [0, 0.1) is 5.41 Å². The number of likely N-dealkylation sites (tertiary alicyclic amines) is 2. The molecule has 0 aromatic heterocycles. The number of aliphatic hydroxyl groups is 1. The average molecular weight is 376 g/mol. The van der Waals surface area contributed by atoms with Crippen LogP contribution < -0.4 is 9.47 Å². The Balaban J connectivity index is 1.50. The Morgan fingerprint density at radius 1 is 1.15 bits per heavy atom. The van der Waals surface area contributed by atoms with Gasteiger partial charge in [-0.15, -0.1) is 0 Å². The fourth-order valence-electron chi connectivity index (χ4n) is 4.09. The molecule has 1 aromatic carbocycles. The minimum absolute atomic E-state index is 0.000442. The standard InChI is InChI=1S/C20H28N2O5/c1-15(23)22-12-16(24)11-20(14-22)7-9-21(10-8-20)19(25)13-27-18-5-3-17(26-2)4-6-18/h3-6,16,24H,7-14H2,1-2H3. The molecule has 148 valence electrons. The van der Waals surface area contributed by atoms with E-state index in [0.29, 0.717) is 38.3 Å². The van der Waals surface area contributed by atoms with E-state index in [1.807, 2.05) is 4.90 Å². The second-order valence-electron chi connectivity index (χ2n) is 7.60. The maximum absolute atomic E-state index is 12.5. The fourth-order valence-corrected chi connectivity index (χ4v) is 4.09. The van der Waals surface area contributed by atoms with E-state index in [1.54, 1.807) is 43.2 Å². The fraction of sp³-hybridized carbons (Fsp3) is 0.600. The van der Waals surface area contributed by atoms with Crippen LogP contribution in [0.3, 0.4) is 0 Å². The van der Waals surface area contributed by atoms with Crippen molar-refractivity contribution < 1.29 is 24.2 Å². The summed E-state index contributed by atoms with van der Waals surface area (Å²) in [7, 11) is 1.60. The van der Waals surface area contributed by atoms with E-state index in [-0.39, 0.29) is 23.8 Å². The van der Waals surface area contributed by atoms with Crippen molar-refractivity contribution in [3.05, 3.63) is 24.3 Å². The number of hydrogen-bond acceptors (Lipinski definition) is 5. The van der Waals surface area contributed by atoms with Gasteiger partial charge in [-0.3, -0.25) is 9.59 Å². The summed E-state index contributed by atoms with van der Waals surface area (Å²) in [6.45, 7) is 3.88. The highest BCUT2D eigenvalue weighted by atomic mass is 16.5. The van der Waals surface area contributed by atoms with Crippen LogP contribution in [0.25, 0.3) is 0 Å². The lowest BCUT2D eigenvalue weighted by Gasteiger charge is -2.48. The van der Waals surface area contributed by atoms with Crippen LogP contribution in [0.15, 0.2) is 24.3 Å². The number of ether oxygens (including phenoxy) is 2. The van der Waals surface area contributed by atoms with Gasteiger partial charge in [0.05, 0.1) is 13.2 Å². The molecule has 2 amide bonds. The highest BCUT2D eigenvalue weighted by Gasteiger charge is 2.42. The first kappa shape index (κ1) is 19.5. The van der Waals surface area contributed by atoms with E-state index in [2.05, 4.69) is 0 Å². The number of aliphatic hydroxyl groups excluding tert-OH is 1. The number of benzene rings is 1. The van der Waals surface area contributed by atoms with Gasteiger partial charge in [0, 0.05) is 33.1 Å². The topological polar surface area (TPSA) is 79.3 Å². The summed E-state index contributed by atoms with van der Waals surface area (Å²) in [6.07, 6.45) is 1.80. The van der Waals surface area contributed by atoms with Crippen molar-refractivity contribution in [2.45, 2.75) is 32.3 Å². The van der Waals surface area contributed by atoms with Gasteiger partial charge in [0.25, 0.3) is 5.91 Å². The van der Waals surface area contributed by atoms with Crippen molar-refractivity contribution in [2.24, 2.45) is 5.41 Å². The molecule has 2 saturated heterocycles. The summed E-state index contributed by atoms with van der Waals surface area (Å²) in [5, 5.41) is 10.2. The van der Waals surface area contributed by atoms with Crippen LogP contribution in [0.4, 0.5) is 0 Å². The van der Waals surface area contributed by atoms with E-state index in [4.69, 9.17) is 9.47 Å². The van der Waals surface area contributed by atoms with Crippen LogP contribution in [-0.4, -0.2) is 72.7 Å². The number of amides is 2. The van der Waals surface area contributed by atoms with E-state index in [9.17, 15) is 14.7 Å². The number of nitrogens with zero attached hydrogens (tertiary/aromatic N) is 2. The summed E-state index contributed by atoms with van der Waals surface area (Å²) in [5.41, 5.74) is -0.0864. The minimum Gasteiger partial charge on any atom is -0.497 e. The molecule has 2 fully saturated rings. The Morgan fingerprint density at radius 3 is 2.37 bits per heavy atom. The molecule has 7 nitrogen and oxygen atoms in total. The van der Waals surface area contributed by atoms with E-state index >= 15 is 0 Å². The lowest BCUT2D eigenvalue weighted by atomic mass is 9.71. The first-order valence-corrected chi connectivity index (χ1v) is 9.39. The smallest absolute Gasteiger partial charge is 0.260 e. The molecule has 0 radical (unpaired) electrons. The van der Waals surface area contributed by atoms with Crippen LogP contribution in [-0.2, 0) is 9.59 Å². The number of β-amino-alcohol motifs (C(OH)–C–C–N with tert-alkyl or cyclic N) is 1. The summed E-state index contributed by atoms with van der Waals surface area (Å²) in [5.74, 6) is 1.33. The molecule has 3 rings (SSSR count). The number of methoxy groups -OCH3 is 1. The van der Waals surface area contributed by atoms with Crippen LogP contribution in [0.5, 0.6) is 11.5 Å². The van der Waals surface area contributed by atoms with E-state index in [0.717, 1.165) is 18.6 Å². The maximum atomic E-state index is 12.5. The Hall–Kier alpha value is -2.28. The van der Waals surface area contributed by atoms with Crippen LogP contribution in [0.1, 0.15) is 26.2 Å². The molecule has 2 aliphatic rings. The Labute approximate surface area is 159 Å². The zero-order valence-electron chi connectivity index (χ0n) is 16.0. The second-order valence-corrected chi connectivity index (χ2v) is 7.60. The number of carbonyl (C=O) groups is 2. The maximum Gasteiger partial charge on any atom is 0.260 e. The predicted octanol–water partition coefficient (Wildman–Crippen LogP) is 1.30.